The molecule has 22 heavy (non-hydrogen) atoms. The monoisotopic (exact) mass is 322 g/mol. The van der Waals surface area contributed by atoms with Crippen LogP contribution in [0.15, 0.2) is 30.3 Å². The maximum atomic E-state index is 11.7. The number of para-hydroxylation sites is 1. The second kappa shape index (κ2) is 7.29. The van der Waals surface area contributed by atoms with Gasteiger partial charge in [-0.1, -0.05) is 23.7 Å². The van der Waals surface area contributed by atoms with Gasteiger partial charge in [-0.05, 0) is 32.4 Å². The lowest BCUT2D eigenvalue weighted by Crippen LogP contribution is -2.31. The van der Waals surface area contributed by atoms with Crippen LogP contribution in [0.5, 0.6) is 0 Å². The predicted octanol–water partition coefficient (Wildman–Crippen LogP) is 2.73. The van der Waals surface area contributed by atoms with Gasteiger partial charge in [-0.15, -0.1) is 5.10 Å². The molecule has 7 heteroatoms. The van der Waals surface area contributed by atoms with Crippen molar-refractivity contribution in [2.45, 2.75) is 26.4 Å². The Labute approximate surface area is 134 Å². The third kappa shape index (κ3) is 4.22. The van der Waals surface area contributed by atoms with Gasteiger partial charge in [0.25, 0.3) is 0 Å². The second-order valence-corrected chi connectivity index (χ2v) is 5.46. The normalized spacial score (nSPS) is 12.0. The van der Waals surface area contributed by atoms with E-state index in [1.807, 2.05) is 25.1 Å². The van der Waals surface area contributed by atoms with Gasteiger partial charge >= 0.3 is 6.03 Å². The number of carbonyl (C=O) groups is 1. The zero-order valence-electron chi connectivity index (χ0n) is 12.5. The summed E-state index contributed by atoms with van der Waals surface area (Å²) in [7, 11) is 0. The van der Waals surface area contributed by atoms with Crippen LogP contribution in [0.4, 0.5) is 10.6 Å². The van der Waals surface area contributed by atoms with Crippen LogP contribution in [0.25, 0.3) is 5.69 Å². The average Bonchev–Trinajstić information content (AvgIpc) is 2.79. The molecule has 0 bridgehead atoms. The molecule has 6 nitrogen and oxygen atoms in total. The van der Waals surface area contributed by atoms with Crippen molar-refractivity contribution in [2.75, 3.05) is 11.9 Å². The van der Waals surface area contributed by atoms with Gasteiger partial charge in [0.2, 0.25) is 0 Å². The summed E-state index contributed by atoms with van der Waals surface area (Å²) >= 11 is 6.16. The van der Waals surface area contributed by atoms with Gasteiger partial charge in [-0.2, -0.15) is 0 Å². The van der Waals surface area contributed by atoms with Gasteiger partial charge in [-0.3, -0.25) is 5.32 Å². The minimum atomic E-state index is -0.443. The van der Waals surface area contributed by atoms with Crippen LogP contribution in [0, 0.1) is 6.92 Å². The quantitative estimate of drug-likeness (QED) is 0.792. The third-order valence-corrected chi connectivity index (χ3v) is 3.38. The summed E-state index contributed by atoms with van der Waals surface area (Å²) in [4.78, 5) is 11.7. The zero-order valence-corrected chi connectivity index (χ0v) is 13.3. The first-order chi connectivity index (χ1) is 10.5. The molecule has 118 valence electrons. The van der Waals surface area contributed by atoms with Crippen LogP contribution in [-0.2, 0) is 0 Å². The Morgan fingerprint density at radius 2 is 2.18 bits per heavy atom. The molecule has 3 N–H and O–H groups in total. The van der Waals surface area contributed by atoms with Crippen LogP contribution in [0.2, 0.25) is 5.02 Å². The number of aromatic nitrogens is 2. The first-order valence-corrected chi connectivity index (χ1v) is 7.39. The molecular weight excluding hydrogens is 304 g/mol. The van der Waals surface area contributed by atoms with E-state index >= 15 is 0 Å². The number of aryl methyl sites for hydroxylation is 1. The van der Waals surface area contributed by atoms with E-state index in [4.69, 9.17) is 16.7 Å². The molecule has 0 spiro atoms. The molecular formula is C15H19ClN4O2. The fraction of sp³-hybridized carbons (Fsp3) is 0.333. The number of nitrogens with zero attached hydrogens (tertiary/aromatic N) is 2. The Morgan fingerprint density at radius 1 is 1.45 bits per heavy atom. The van der Waals surface area contributed by atoms with Gasteiger partial charge in [0.15, 0.2) is 5.82 Å². The minimum absolute atomic E-state index is 0.357. The van der Waals surface area contributed by atoms with Crippen molar-refractivity contribution in [1.82, 2.24) is 15.1 Å². The smallest absolute Gasteiger partial charge is 0.320 e. The lowest BCUT2D eigenvalue weighted by molar-refractivity contribution is 0.184. The lowest BCUT2D eigenvalue weighted by Gasteiger charge is -2.07. The topological polar surface area (TPSA) is 79.2 Å². The SMILES string of the molecule is Cc1cc(NC(=O)NCC[C@@H](C)O)nn1-c1ccccc1Cl. The molecule has 2 amide bonds. The van der Waals surface area contributed by atoms with Gasteiger partial charge in [-0.25, -0.2) is 9.48 Å². The number of amides is 2. The molecule has 0 aliphatic heterocycles. The third-order valence-electron chi connectivity index (χ3n) is 3.06. The van der Waals surface area contributed by atoms with Crippen LogP contribution in [-0.4, -0.2) is 33.6 Å². The fourth-order valence-corrected chi connectivity index (χ4v) is 2.17. The molecule has 0 fully saturated rings. The number of nitrogens with one attached hydrogen (secondary N) is 2. The van der Waals surface area contributed by atoms with E-state index in [0.29, 0.717) is 23.8 Å². The van der Waals surface area contributed by atoms with Gasteiger partial charge in [0.1, 0.15) is 0 Å². The van der Waals surface area contributed by atoms with E-state index in [1.54, 1.807) is 23.7 Å². The first kappa shape index (κ1) is 16.3. The summed E-state index contributed by atoms with van der Waals surface area (Å²) in [5.41, 5.74) is 1.61. The van der Waals surface area contributed by atoms with Crippen LogP contribution in [0.1, 0.15) is 19.0 Å². The van der Waals surface area contributed by atoms with Crippen molar-refractivity contribution < 1.29 is 9.90 Å². The molecule has 2 aromatic rings. The summed E-state index contributed by atoms with van der Waals surface area (Å²) in [5.74, 6) is 0.437. The number of aliphatic hydroxyl groups is 1. The van der Waals surface area contributed by atoms with Crippen molar-refractivity contribution in [3.05, 3.63) is 41.0 Å². The Balaban J connectivity index is 2.04. The minimum Gasteiger partial charge on any atom is -0.393 e. The molecule has 2 rings (SSSR count). The first-order valence-electron chi connectivity index (χ1n) is 7.02. The van der Waals surface area contributed by atoms with Crippen molar-refractivity contribution in [3.63, 3.8) is 0 Å². The number of hydrogen-bond donors (Lipinski definition) is 3. The number of carbonyl (C=O) groups excluding carboxylic acids is 1. The molecule has 1 atom stereocenters. The maximum Gasteiger partial charge on any atom is 0.320 e. The lowest BCUT2D eigenvalue weighted by atomic mass is 10.3. The Morgan fingerprint density at radius 3 is 2.86 bits per heavy atom. The van der Waals surface area contributed by atoms with Gasteiger partial charge in [0, 0.05) is 18.3 Å². The van der Waals surface area contributed by atoms with E-state index in [1.165, 1.54) is 0 Å². The number of aliphatic hydroxyl groups excluding tert-OH is 1. The number of anilines is 1. The van der Waals surface area contributed by atoms with E-state index < -0.39 is 6.10 Å². The molecule has 0 radical (unpaired) electrons. The number of rotatable bonds is 5. The fourth-order valence-electron chi connectivity index (χ4n) is 1.96. The van der Waals surface area contributed by atoms with E-state index in [9.17, 15) is 4.79 Å². The van der Waals surface area contributed by atoms with Gasteiger partial charge in [0.05, 0.1) is 16.8 Å². The molecule has 0 saturated carbocycles. The van der Waals surface area contributed by atoms with E-state index in [-0.39, 0.29) is 6.03 Å². The highest BCUT2D eigenvalue weighted by Crippen LogP contribution is 2.22. The molecule has 1 heterocycles. The van der Waals surface area contributed by atoms with Crippen molar-refractivity contribution in [3.8, 4) is 5.69 Å². The number of urea groups is 1. The summed E-state index contributed by atoms with van der Waals surface area (Å²) < 4.78 is 1.67. The largest absolute Gasteiger partial charge is 0.393 e. The number of halogens is 1. The predicted molar refractivity (Wildman–Crippen MR) is 86.6 cm³/mol. The summed E-state index contributed by atoms with van der Waals surface area (Å²) in [5, 5.41) is 19.4. The maximum absolute atomic E-state index is 11.7. The summed E-state index contributed by atoms with van der Waals surface area (Å²) in [6.07, 6.45) is 0.0579. The Bertz CT molecular complexity index is 655. The van der Waals surface area contributed by atoms with Crippen LogP contribution in [0.3, 0.4) is 0 Å². The zero-order chi connectivity index (χ0) is 16.1. The molecule has 1 aromatic carbocycles. The van der Waals surface area contributed by atoms with Crippen LogP contribution >= 0.6 is 11.6 Å². The van der Waals surface area contributed by atoms with Crippen LogP contribution < -0.4 is 10.6 Å². The molecule has 0 saturated heterocycles. The van der Waals surface area contributed by atoms with Gasteiger partial charge < -0.3 is 10.4 Å². The van der Waals surface area contributed by atoms with Crippen molar-refractivity contribution >= 4 is 23.4 Å². The molecule has 0 aliphatic rings. The van der Waals surface area contributed by atoms with Crippen molar-refractivity contribution in [2.24, 2.45) is 0 Å². The molecule has 1 aromatic heterocycles. The average molecular weight is 323 g/mol. The highest BCUT2D eigenvalue weighted by molar-refractivity contribution is 6.32. The van der Waals surface area contributed by atoms with E-state index in [0.717, 1.165) is 11.4 Å². The Hall–Kier alpha value is -2.05. The molecule has 0 aliphatic carbocycles. The summed E-state index contributed by atoms with van der Waals surface area (Å²) in [6, 6.07) is 8.77. The highest BCUT2D eigenvalue weighted by Gasteiger charge is 2.11. The van der Waals surface area contributed by atoms with E-state index in [2.05, 4.69) is 15.7 Å². The highest BCUT2D eigenvalue weighted by atomic mass is 35.5. The van der Waals surface area contributed by atoms with Crippen molar-refractivity contribution in [1.29, 1.82) is 0 Å². The second-order valence-electron chi connectivity index (χ2n) is 5.05. The molecule has 0 unspecified atom stereocenters. The number of hydrogen-bond acceptors (Lipinski definition) is 3. The number of benzene rings is 1. The Kier molecular flexibility index (Phi) is 5.41. The summed E-state index contributed by atoms with van der Waals surface area (Å²) in [6.45, 7) is 3.95. The standard InChI is InChI=1S/C15H19ClN4O2/c1-10-9-14(18-15(22)17-8-7-11(2)21)19-20(10)13-6-4-3-5-12(13)16/h3-6,9,11,21H,7-8H2,1-2H3,(H2,17,18,19,22)/t11-/m1/s1.